The molecule has 1 aliphatic rings. The van der Waals surface area contributed by atoms with Gasteiger partial charge in [-0.1, -0.05) is 30.3 Å². The standard InChI is InChI=1S/C14H17NO3/c1-2-3-11-4-6-12(7-5-11)8-15-9-13(10-16)18-14(15)17/h2,4-7,13,16H,1,3,8-10H2. The van der Waals surface area contributed by atoms with Gasteiger partial charge in [0.05, 0.1) is 13.2 Å². The number of carbonyl (C=O) groups is 1. The summed E-state index contributed by atoms with van der Waals surface area (Å²) >= 11 is 0. The quantitative estimate of drug-likeness (QED) is 0.806. The van der Waals surface area contributed by atoms with E-state index in [0.717, 1.165) is 12.0 Å². The summed E-state index contributed by atoms with van der Waals surface area (Å²) in [4.78, 5) is 13.1. The second kappa shape index (κ2) is 5.69. The van der Waals surface area contributed by atoms with Crippen molar-refractivity contribution in [3.05, 3.63) is 48.0 Å². The molecule has 1 atom stereocenters. The molecule has 1 aliphatic heterocycles. The molecule has 18 heavy (non-hydrogen) atoms. The van der Waals surface area contributed by atoms with Crippen LogP contribution < -0.4 is 0 Å². The van der Waals surface area contributed by atoms with Crippen molar-refractivity contribution >= 4 is 6.09 Å². The lowest BCUT2D eigenvalue weighted by Crippen LogP contribution is -2.25. The summed E-state index contributed by atoms with van der Waals surface area (Å²) in [5, 5.41) is 8.95. The number of aliphatic hydroxyl groups excluding tert-OH is 1. The fourth-order valence-corrected chi connectivity index (χ4v) is 1.97. The highest BCUT2D eigenvalue weighted by Gasteiger charge is 2.30. The molecule has 4 nitrogen and oxygen atoms in total. The Kier molecular flexibility index (Phi) is 3.99. The van der Waals surface area contributed by atoms with E-state index in [4.69, 9.17) is 9.84 Å². The first-order chi connectivity index (χ1) is 8.72. The Morgan fingerprint density at radius 3 is 2.61 bits per heavy atom. The number of allylic oxidation sites excluding steroid dienone is 1. The molecular weight excluding hydrogens is 230 g/mol. The van der Waals surface area contributed by atoms with Gasteiger partial charge < -0.3 is 14.7 Å². The second-order valence-electron chi connectivity index (χ2n) is 4.38. The van der Waals surface area contributed by atoms with Crippen LogP contribution in [-0.2, 0) is 17.7 Å². The summed E-state index contributed by atoms with van der Waals surface area (Å²) in [6.07, 6.45) is 1.96. The number of carbonyl (C=O) groups excluding carboxylic acids is 1. The molecule has 4 heteroatoms. The van der Waals surface area contributed by atoms with Crippen LogP contribution in [0.1, 0.15) is 11.1 Å². The summed E-state index contributed by atoms with van der Waals surface area (Å²) in [6, 6.07) is 8.06. The highest BCUT2D eigenvalue weighted by atomic mass is 16.6. The Morgan fingerprint density at radius 2 is 2.06 bits per heavy atom. The van der Waals surface area contributed by atoms with Gasteiger partial charge in [-0.15, -0.1) is 6.58 Å². The molecule has 96 valence electrons. The van der Waals surface area contributed by atoms with Gasteiger partial charge >= 0.3 is 6.09 Å². The molecule has 2 rings (SSSR count). The minimum Gasteiger partial charge on any atom is -0.442 e. The third-order valence-corrected chi connectivity index (χ3v) is 2.93. The summed E-state index contributed by atoms with van der Waals surface area (Å²) in [5.41, 5.74) is 2.25. The molecule has 0 spiro atoms. The van der Waals surface area contributed by atoms with Crippen molar-refractivity contribution in [3.8, 4) is 0 Å². The number of hydrogen-bond donors (Lipinski definition) is 1. The van der Waals surface area contributed by atoms with Gasteiger partial charge in [-0.25, -0.2) is 4.79 Å². The van der Waals surface area contributed by atoms with E-state index < -0.39 is 6.10 Å². The molecule has 0 aliphatic carbocycles. The first kappa shape index (κ1) is 12.6. The van der Waals surface area contributed by atoms with Crippen molar-refractivity contribution in [2.75, 3.05) is 13.2 Å². The molecule has 0 aromatic heterocycles. The number of aliphatic hydroxyl groups is 1. The van der Waals surface area contributed by atoms with Gasteiger partial charge in [-0.05, 0) is 17.5 Å². The lowest BCUT2D eigenvalue weighted by molar-refractivity contribution is 0.0947. The minimum absolute atomic E-state index is 0.124. The van der Waals surface area contributed by atoms with E-state index in [9.17, 15) is 4.79 Å². The average Bonchev–Trinajstić information content (AvgIpc) is 2.73. The molecule has 1 unspecified atom stereocenters. The second-order valence-corrected chi connectivity index (χ2v) is 4.38. The third kappa shape index (κ3) is 2.90. The molecule has 1 fully saturated rings. The normalized spacial score (nSPS) is 18.8. The van der Waals surface area contributed by atoms with Crippen LogP contribution in [0.5, 0.6) is 0 Å². The van der Waals surface area contributed by atoms with E-state index >= 15 is 0 Å². The average molecular weight is 247 g/mol. The van der Waals surface area contributed by atoms with Crippen LogP contribution in [0.4, 0.5) is 4.79 Å². The van der Waals surface area contributed by atoms with Gasteiger partial charge in [0.15, 0.2) is 0 Å². The maximum absolute atomic E-state index is 11.5. The van der Waals surface area contributed by atoms with Crippen molar-refractivity contribution in [2.24, 2.45) is 0 Å². The van der Waals surface area contributed by atoms with Crippen molar-refractivity contribution < 1.29 is 14.6 Å². The zero-order valence-electron chi connectivity index (χ0n) is 10.2. The highest BCUT2D eigenvalue weighted by molar-refractivity contribution is 5.69. The van der Waals surface area contributed by atoms with Crippen LogP contribution in [0.3, 0.4) is 0 Å². The van der Waals surface area contributed by atoms with Crippen LogP contribution in [0, 0.1) is 0 Å². The SMILES string of the molecule is C=CCc1ccc(CN2CC(CO)OC2=O)cc1. The Labute approximate surface area is 106 Å². The number of amides is 1. The smallest absolute Gasteiger partial charge is 0.410 e. The van der Waals surface area contributed by atoms with Crippen LogP contribution in [0.2, 0.25) is 0 Å². The minimum atomic E-state index is -0.391. The molecule has 1 heterocycles. The number of nitrogens with zero attached hydrogens (tertiary/aromatic N) is 1. The molecule has 1 saturated heterocycles. The van der Waals surface area contributed by atoms with Gasteiger partial charge in [0.2, 0.25) is 0 Å². The summed E-state index contributed by atoms with van der Waals surface area (Å²) in [7, 11) is 0. The summed E-state index contributed by atoms with van der Waals surface area (Å²) < 4.78 is 4.98. The van der Waals surface area contributed by atoms with Crippen LogP contribution in [0.25, 0.3) is 0 Å². The molecule has 1 N–H and O–H groups in total. The van der Waals surface area contributed by atoms with Crippen molar-refractivity contribution in [3.63, 3.8) is 0 Å². The fourth-order valence-electron chi connectivity index (χ4n) is 1.97. The molecule has 1 aromatic rings. The maximum Gasteiger partial charge on any atom is 0.410 e. The number of ether oxygens (including phenoxy) is 1. The predicted molar refractivity (Wildman–Crippen MR) is 68.1 cm³/mol. The van der Waals surface area contributed by atoms with E-state index in [0.29, 0.717) is 13.1 Å². The lowest BCUT2D eigenvalue weighted by Gasteiger charge is -2.12. The van der Waals surface area contributed by atoms with Crippen molar-refractivity contribution in [1.82, 2.24) is 4.90 Å². The molecule has 1 aromatic carbocycles. The summed E-state index contributed by atoms with van der Waals surface area (Å²) in [5.74, 6) is 0. The van der Waals surface area contributed by atoms with Crippen LogP contribution in [-0.4, -0.2) is 35.4 Å². The van der Waals surface area contributed by atoms with Crippen molar-refractivity contribution in [2.45, 2.75) is 19.1 Å². The predicted octanol–water partition coefficient (Wildman–Crippen LogP) is 1.73. The molecular formula is C14H17NO3. The van der Waals surface area contributed by atoms with Gasteiger partial charge in [0.1, 0.15) is 6.10 Å². The number of cyclic esters (lactones) is 1. The molecule has 0 radical (unpaired) electrons. The first-order valence-electron chi connectivity index (χ1n) is 5.98. The third-order valence-electron chi connectivity index (χ3n) is 2.93. The Balaban J connectivity index is 1.97. The topological polar surface area (TPSA) is 49.8 Å². The maximum atomic E-state index is 11.5. The zero-order valence-corrected chi connectivity index (χ0v) is 10.2. The van der Waals surface area contributed by atoms with Gasteiger partial charge in [0.25, 0.3) is 0 Å². The Hall–Kier alpha value is -1.81. The summed E-state index contributed by atoms with van der Waals surface area (Å²) in [6.45, 7) is 4.54. The van der Waals surface area contributed by atoms with E-state index in [1.165, 1.54) is 5.56 Å². The van der Waals surface area contributed by atoms with E-state index in [1.54, 1.807) is 4.90 Å². The first-order valence-corrected chi connectivity index (χ1v) is 5.98. The number of rotatable bonds is 5. The van der Waals surface area contributed by atoms with E-state index in [1.807, 2.05) is 30.3 Å². The zero-order chi connectivity index (χ0) is 13.0. The van der Waals surface area contributed by atoms with E-state index in [2.05, 4.69) is 6.58 Å². The fraction of sp³-hybridized carbons (Fsp3) is 0.357. The molecule has 1 amide bonds. The largest absolute Gasteiger partial charge is 0.442 e. The van der Waals surface area contributed by atoms with Crippen LogP contribution in [0.15, 0.2) is 36.9 Å². The molecule has 0 bridgehead atoms. The monoisotopic (exact) mass is 247 g/mol. The van der Waals surface area contributed by atoms with Crippen molar-refractivity contribution in [1.29, 1.82) is 0 Å². The Bertz CT molecular complexity index is 427. The van der Waals surface area contributed by atoms with Gasteiger partial charge in [-0.3, -0.25) is 0 Å². The number of benzene rings is 1. The van der Waals surface area contributed by atoms with Gasteiger partial charge in [0, 0.05) is 6.54 Å². The van der Waals surface area contributed by atoms with E-state index in [-0.39, 0.29) is 12.7 Å². The van der Waals surface area contributed by atoms with Crippen LogP contribution >= 0.6 is 0 Å². The lowest BCUT2D eigenvalue weighted by atomic mass is 10.1. The highest BCUT2D eigenvalue weighted by Crippen LogP contribution is 2.15. The van der Waals surface area contributed by atoms with Gasteiger partial charge in [-0.2, -0.15) is 0 Å². The molecule has 0 saturated carbocycles. The number of hydrogen-bond acceptors (Lipinski definition) is 3. The Morgan fingerprint density at radius 1 is 1.39 bits per heavy atom.